The van der Waals surface area contributed by atoms with Crippen LogP contribution < -0.4 is 0 Å². The van der Waals surface area contributed by atoms with Crippen LogP contribution in [0.2, 0.25) is 0 Å². The van der Waals surface area contributed by atoms with Crippen molar-refractivity contribution in [1.82, 2.24) is 20.6 Å². The minimum Gasteiger partial charge on any atom is -0.768 e. The van der Waals surface area contributed by atoms with E-state index in [4.69, 9.17) is 0 Å². The number of nitrogens with zero attached hydrogens (tertiary/aromatic N) is 3. The summed E-state index contributed by atoms with van der Waals surface area (Å²) in [4.78, 5) is 0.234. The highest BCUT2D eigenvalue weighted by Crippen LogP contribution is 2.14. The molecule has 2 rings (SSSR count). The van der Waals surface area contributed by atoms with Crippen LogP contribution in [0.25, 0.3) is 11.4 Å². The predicted octanol–water partition coefficient (Wildman–Crippen LogP) is 0.105. The standard InChI is InChI=1S/C7H6N4O2S/c12-14(13)6-3-1-5(2-4-6)7-8-10-11-9-7/h1-4H,(H,12,13)(H,8,9,10,11)/p-1. The molecule has 1 unspecified atom stereocenters. The maximum absolute atomic E-state index is 10.5. The van der Waals surface area contributed by atoms with Crippen LogP contribution in [-0.2, 0) is 11.1 Å². The molecule has 1 N–H and O–H groups in total. The molecule has 0 aliphatic rings. The van der Waals surface area contributed by atoms with E-state index in [-0.39, 0.29) is 4.90 Å². The quantitative estimate of drug-likeness (QED) is 0.708. The van der Waals surface area contributed by atoms with Gasteiger partial charge < -0.3 is 4.55 Å². The second-order valence-electron chi connectivity index (χ2n) is 2.49. The summed E-state index contributed by atoms with van der Waals surface area (Å²) in [6.45, 7) is 0. The maximum Gasteiger partial charge on any atom is 0.204 e. The summed E-state index contributed by atoms with van der Waals surface area (Å²) in [5, 5.41) is 13.2. The van der Waals surface area contributed by atoms with Crippen LogP contribution in [0.3, 0.4) is 0 Å². The van der Waals surface area contributed by atoms with Crippen LogP contribution in [0, 0.1) is 0 Å². The van der Waals surface area contributed by atoms with Gasteiger partial charge in [-0.05, 0) is 40.6 Å². The minimum absolute atomic E-state index is 0.234. The van der Waals surface area contributed by atoms with Crippen molar-refractivity contribution in [3.8, 4) is 11.4 Å². The summed E-state index contributed by atoms with van der Waals surface area (Å²) >= 11 is -2.20. The van der Waals surface area contributed by atoms with Gasteiger partial charge in [0, 0.05) is 10.5 Å². The number of tetrazole rings is 1. The van der Waals surface area contributed by atoms with Crippen molar-refractivity contribution >= 4 is 11.1 Å². The Morgan fingerprint density at radius 1 is 1.29 bits per heavy atom. The zero-order valence-electron chi connectivity index (χ0n) is 6.88. The third-order valence-corrected chi connectivity index (χ3v) is 2.31. The molecule has 0 saturated carbocycles. The van der Waals surface area contributed by atoms with Crippen LogP contribution in [0.1, 0.15) is 0 Å². The molecule has 0 aliphatic heterocycles. The number of hydrogen-bond donors (Lipinski definition) is 1. The molecule has 7 heteroatoms. The van der Waals surface area contributed by atoms with E-state index in [1.165, 1.54) is 12.1 Å². The van der Waals surface area contributed by atoms with Crippen molar-refractivity contribution in [2.45, 2.75) is 4.90 Å². The van der Waals surface area contributed by atoms with Gasteiger partial charge in [0.25, 0.3) is 0 Å². The van der Waals surface area contributed by atoms with Gasteiger partial charge in [-0.1, -0.05) is 0 Å². The van der Waals surface area contributed by atoms with E-state index in [1.807, 2.05) is 0 Å². The predicted molar refractivity (Wildman–Crippen MR) is 46.8 cm³/mol. The zero-order chi connectivity index (χ0) is 9.97. The Labute approximate surface area is 81.6 Å². The first kappa shape index (κ1) is 8.97. The first-order valence-corrected chi connectivity index (χ1v) is 4.78. The second-order valence-corrected chi connectivity index (χ2v) is 3.44. The van der Waals surface area contributed by atoms with Gasteiger partial charge in [0.15, 0.2) is 0 Å². The second kappa shape index (κ2) is 3.64. The third-order valence-electron chi connectivity index (χ3n) is 1.65. The molecule has 1 heterocycles. The number of nitrogens with one attached hydrogen (secondary N) is 1. The Morgan fingerprint density at radius 3 is 2.50 bits per heavy atom. The molecule has 0 bridgehead atoms. The van der Waals surface area contributed by atoms with Crippen molar-refractivity contribution in [2.75, 3.05) is 0 Å². The number of rotatable bonds is 2. The fraction of sp³-hybridized carbons (Fsp3) is 0. The van der Waals surface area contributed by atoms with Crippen molar-refractivity contribution in [2.24, 2.45) is 0 Å². The summed E-state index contributed by atoms with van der Waals surface area (Å²) in [5.74, 6) is 0.438. The molecule has 1 atom stereocenters. The number of H-pyrrole nitrogens is 1. The monoisotopic (exact) mass is 209 g/mol. The molecule has 1 aromatic heterocycles. The summed E-state index contributed by atoms with van der Waals surface area (Å²) in [6, 6.07) is 6.20. The Morgan fingerprint density at radius 2 is 2.00 bits per heavy atom. The lowest BCUT2D eigenvalue weighted by molar-refractivity contribution is 0.537. The molecule has 0 fully saturated rings. The largest absolute Gasteiger partial charge is 0.768 e. The Bertz CT molecular complexity index is 439. The van der Waals surface area contributed by atoms with E-state index >= 15 is 0 Å². The first-order chi connectivity index (χ1) is 6.77. The molecule has 72 valence electrons. The molecule has 1 aromatic carbocycles. The van der Waals surface area contributed by atoms with Crippen molar-refractivity contribution in [3.05, 3.63) is 24.3 Å². The molecule has 14 heavy (non-hydrogen) atoms. The number of aromatic amines is 1. The fourth-order valence-electron chi connectivity index (χ4n) is 0.999. The van der Waals surface area contributed by atoms with E-state index in [0.29, 0.717) is 11.4 Å². The molecule has 2 aromatic rings. The van der Waals surface area contributed by atoms with Gasteiger partial charge >= 0.3 is 0 Å². The van der Waals surface area contributed by atoms with Gasteiger partial charge in [-0.15, -0.1) is 10.2 Å². The Hall–Kier alpha value is -1.60. The van der Waals surface area contributed by atoms with Crippen molar-refractivity contribution in [3.63, 3.8) is 0 Å². The first-order valence-electron chi connectivity index (χ1n) is 3.70. The molecule has 0 amide bonds. The molecule has 0 saturated heterocycles. The Kier molecular flexibility index (Phi) is 2.33. The molecular weight excluding hydrogens is 204 g/mol. The number of hydrogen-bond acceptors (Lipinski definition) is 5. The SMILES string of the molecule is O=S([O-])c1ccc(-c2nn[nH]n2)cc1. The van der Waals surface area contributed by atoms with Crippen LogP contribution in [0.15, 0.2) is 29.2 Å². The summed E-state index contributed by atoms with van der Waals surface area (Å²) < 4.78 is 21.1. The smallest absolute Gasteiger partial charge is 0.204 e. The van der Waals surface area contributed by atoms with Crippen LogP contribution >= 0.6 is 0 Å². The minimum atomic E-state index is -2.20. The lowest BCUT2D eigenvalue weighted by atomic mass is 10.2. The summed E-state index contributed by atoms with van der Waals surface area (Å²) in [5.41, 5.74) is 0.716. The molecule has 0 aliphatic carbocycles. The number of aromatic nitrogens is 4. The van der Waals surface area contributed by atoms with Crippen molar-refractivity contribution in [1.29, 1.82) is 0 Å². The highest BCUT2D eigenvalue weighted by molar-refractivity contribution is 7.79. The van der Waals surface area contributed by atoms with Gasteiger partial charge in [0.1, 0.15) is 0 Å². The van der Waals surface area contributed by atoms with Gasteiger partial charge in [-0.2, -0.15) is 5.21 Å². The van der Waals surface area contributed by atoms with Gasteiger partial charge in [0.05, 0.1) is 0 Å². The van der Waals surface area contributed by atoms with Crippen molar-refractivity contribution < 1.29 is 8.76 Å². The maximum atomic E-state index is 10.5. The summed E-state index contributed by atoms with van der Waals surface area (Å²) in [7, 11) is 0. The van der Waals surface area contributed by atoms with Gasteiger partial charge in [-0.3, -0.25) is 4.21 Å². The Balaban J connectivity index is 2.36. The highest BCUT2D eigenvalue weighted by atomic mass is 32.2. The van der Waals surface area contributed by atoms with E-state index in [9.17, 15) is 8.76 Å². The lowest BCUT2D eigenvalue weighted by Gasteiger charge is -2.04. The molecule has 6 nitrogen and oxygen atoms in total. The fourth-order valence-corrected chi connectivity index (χ4v) is 1.36. The van der Waals surface area contributed by atoms with Crippen LogP contribution in [-0.4, -0.2) is 29.4 Å². The highest BCUT2D eigenvalue weighted by Gasteiger charge is 2.01. The summed E-state index contributed by atoms with van der Waals surface area (Å²) in [6.07, 6.45) is 0. The van der Waals surface area contributed by atoms with E-state index in [0.717, 1.165) is 0 Å². The topological polar surface area (TPSA) is 94.6 Å². The third kappa shape index (κ3) is 1.68. The normalized spacial score (nSPS) is 12.6. The van der Waals surface area contributed by atoms with E-state index in [1.54, 1.807) is 12.1 Å². The average Bonchev–Trinajstić information content (AvgIpc) is 2.71. The van der Waals surface area contributed by atoms with Crippen LogP contribution in [0.4, 0.5) is 0 Å². The zero-order valence-corrected chi connectivity index (χ0v) is 7.69. The number of benzene rings is 1. The molecule has 0 spiro atoms. The molecule has 0 radical (unpaired) electrons. The van der Waals surface area contributed by atoms with Crippen LogP contribution in [0.5, 0.6) is 0 Å². The van der Waals surface area contributed by atoms with E-state index < -0.39 is 11.1 Å². The average molecular weight is 209 g/mol. The van der Waals surface area contributed by atoms with Gasteiger partial charge in [0.2, 0.25) is 5.82 Å². The van der Waals surface area contributed by atoms with E-state index in [2.05, 4.69) is 20.6 Å². The van der Waals surface area contributed by atoms with Gasteiger partial charge in [-0.25, -0.2) is 0 Å². The molecular formula is C7H5N4O2S-. The lowest BCUT2D eigenvalue weighted by Crippen LogP contribution is -1.88.